The van der Waals surface area contributed by atoms with E-state index in [2.05, 4.69) is 6.07 Å². The number of rotatable bonds is 1. The maximum Gasteiger partial charge on any atom is 0.129 e. The Morgan fingerprint density at radius 3 is 2.59 bits per heavy atom. The van der Waals surface area contributed by atoms with Gasteiger partial charge in [0, 0.05) is 18.5 Å². The Bertz CT molecular complexity index is 454. The molecule has 1 aromatic carbocycles. The van der Waals surface area contributed by atoms with Gasteiger partial charge < -0.3 is 15.6 Å². The van der Waals surface area contributed by atoms with Crippen molar-refractivity contribution in [1.82, 2.24) is 0 Å². The highest BCUT2D eigenvalue weighted by Gasteiger charge is 2.43. The number of aliphatic hydroxyl groups is 1. The fraction of sp³-hybridized carbons (Fsp3) is 0.571. The summed E-state index contributed by atoms with van der Waals surface area (Å²) in [5.74, 6) is 0.791. The smallest absolute Gasteiger partial charge is 0.129 e. The van der Waals surface area contributed by atoms with Gasteiger partial charge in [-0.25, -0.2) is 0 Å². The van der Waals surface area contributed by atoms with Crippen LogP contribution in [-0.4, -0.2) is 17.3 Å². The zero-order valence-corrected chi connectivity index (χ0v) is 11.0. The van der Waals surface area contributed by atoms with E-state index in [1.807, 2.05) is 33.8 Å². The molecule has 3 nitrogen and oxygen atoms in total. The molecule has 3 N–H and O–H groups in total. The number of hydrogen-bond acceptors (Lipinski definition) is 3. The third-order valence-electron chi connectivity index (χ3n) is 3.35. The van der Waals surface area contributed by atoms with E-state index < -0.39 is 5.60 Å². The Hall–Kier alpha value is -1.06. The van der Waals surface area contributed by atoms with Gasteiger partial charge in [0.1, 0.15) is 17.0 Å². The lowest BCUT2D eigenvalue weighted by molar-refractivity contribution is -0.0582. The molecule has 1 aliphatic heterocycles. The zero-order valence-electron chi connectivity index (χ0n) is 11.0. The minimum absolute atomic E-state index is 0.218. The van der Waals surface area contributed by atoms with E-state index in [9.17, 15) is 5.11 Å². The normalized spacial score (nSPS) is 26.2. The van der Waals surface area contributed by atoms with Crippen LogP contribution in [0.4, 0.5) is 0 Å². The van der Waals surface area contributed by atoms with Gasteiger partial charge in [0.25, 0.3) is 0 Å². The van der Waals surface area contributed by atoms with Crippen LogP contribution in [0, 0.1) is 13.8 Å². The lowest BCUT2D eigenvalue weighted by Crippen LogP contribution is -2.48. The molecule has 1 heterocycles. The van der Waals surface area contributed by atoms with Crippen molar-refractivity contribution in [3.8, 4) is 5.75 Å². The minimum atomic E-state index is -0.978. The average Bonchev–Trinajstić information content (AvgIpc) is 2.19. The molecule has 1 aliphatic rings. The molecule has 0 amide bonds. The number of fused-ring (bicyclic) bond motifs is 1. The van der Waals surface area contributed by atoms with Crippen molar-refractivity contribution in [3.63, 3.8) is 0 Å². The molecule has 0 aromatic heterocycles. The molecule has 1 atom stereocenters. The molecule has 2 rings (SSSR count). The van der Waals surface area contributed by atoms with Crippen LogP contribution in [0.15, 0.2) is 12.1 Å². The lowest BCUT2D eigenvalue weighted by Gasteiger charge is -2.43. The predicted molar refractivity (Wildman–Crippen MR) is 68.2 cm³/mol. The second-order valence-electron chi connectivity index (χ2n) is 5.73. The van der Waals surface area contributed by atoms with E-state index in [0.717, 1.165) is 22.4 Å². The molecule has 0 aliphatic carbocycles. The molecule has 0 spiro atoms. The van der Waals surface area contributed by atoms with Gasteiger partial charge in [-0.2, -0.15) is 0 Å². The van der Waals surface area contributed by atoms with Gasteiger partial charge in [0.2, 0.25) is 0 Å². The molecule has 94 valence electrons. The quantitative estimate of drug-likeness (QED) is 0.783. The first-order chi connectivity index (χ1) is 7.77. The summed E-state index contributed by atoms with van der Waals surface area (Å²) in [7, 11) is 0. The monoisotopic (exact) mass is 235 g/mol. The number of nitrogens with two attached hydrogens (primary N) is 1. The van der Waals surface area contributed by atoms with Crippen LogP contribution < -0.4 is 10.5 Å². The number of ether oxygens (including phenoxy) is 1. The van der Waals surface area contributed by atoms with Crippen LogP contribution in [0.5, 0.6) is 5.75 Å². The highest BCUT2D eigenvalue weighted by atomic mass is 16.5. The van der Waals surface area contributed by atoms with Gasteiger partial charge in [-0.1, -0.05) is 11.6 Å². The van der Waals surface area contributed by atoms with Gasteiger partial charge in [-0.15, -0.1) is 0 Å². The van der Waals surface area contributed by atoms with Crippen LogP contribution in [-0.2, 0) is 5.60 Å². The summed E-state index contributed by atoms with van der Waals surface area (Å²) < 4.78 is 5.99. The Kier molecular flexibility index (Phi) is 2.71. The van der Waals surface area contributed by atoms with Gasteiger partial charge in [0.05, 0.1) is 0 Å². The summed E-state index contributed by atoms with van der Waals surface area (Å²) in [6.45, 7) is 8.20. The van der Waals surface area contributed by atoms with E-state index in [1.165, 1.54) is 0 Å². The SMILES string of the molecule is Cc1cc(C)c2c(c1)C(O)(CN)CC(C)(C)O2. The van der Waals surface area contributed by atoms with Crippen molar-refractivity contribution in [3.05, 3.63) is 28.8 Å². The number of hydrogen-bond donors (Lipinski definition) is 2. The number of benzene rings is 1. The molecule has 1 aromatic rings. The summed E-state index contributed by atoms with van der Waals surface area (Å²) in [6.07, 6.45) is 0.520. The summed E-state index contributed by atoms with van der Waals surface area (Å²) >= 11 is 0. The summed E-state index contributed by atoms with van der Waals surface area (Å²) in [5, 5.41) is 10.7. The lowest BCUT2D eigenvalue weighted by atomic mass is 9.79. The molecule has 1 unspecified atom stereocenters. The van der Waals surface area contributed by atoms with E-state index in [0.29, 0.717) is 6.42 Å². The summed E-state index contributed by atoms with van der Waals surface area (Å²) in [5.41, 5.74) is 7.41. The summed E-state index contributed by atoms with van der Waals surface area (Å²) in [6, 6.07) is 4.04. The highest BCUT2D eigenvalue weighted by molar-refractivity contribution is 5.49. The molecular weight excluding hydrogens is 214 g/mol. The first-order valence-electron chi connectivity index (χ1n) is 6.01. The van der Waals surface area contributed by atoms with Gasteiger partial charge in [-0.05, 0) is 39.3 Å². The van der Waals surface area contributed by atoms with E-state index in [4.69, 9.17) is 10.5 Å². The van der Waals surface area contributed by atoms with Crippen LogP contribution in [0.3, 0.4) is 0 Å². The zero-order chi connectivity index (χ0) is 12.8. The Labute approximate surface area is 103 Å². The van der Waals surface area contributed by atoms with Crippen molar-refractivity contribution < 1.29 is 9.84 Å². The standard InChI is InChI=1S/C14H21NO2/c1-9-5-10(2)12-11(6-9)14(16,8-15)7-13(3,4)17-12/h5-6,16H,7-8,15H2,1-4H3. The van der Waals surface area contributed by atoms with Crippen LogP contribution in [0.2, 0.25) is 0 Å². The number of aryl methyl sites for hydroxylation is 2. The minimum Gasteiger partial charge on any atom is -0.487 e. The van der Waals surface area contributed by atoms with E-state index in [-0.39, 0.29) is 12.1 Å². The maximum atomic E-state index is 10.7. The van der Waals surface area contributed by atoms with Crippen LogP contribution >= 0.6 is 0 Å². The van der Waals surface area contributed by atoms with Gasteiger partial charge in [-0.3, -0.25) is 0 Å². The fourth-order valence-corrected chi connectivity index (χ4v) is 2.73. The topological polar surface area (TPSA) is 55.5 Å². The first-order valence-corrected chi connectivity index (χ1v) is 6.01. The van der Waals surface area contributed by atoms with Crippen molar-refractivity contribution >= 4 is 0 Å². The average molecular weight is 235 g/mol. The molecule has 17 heavy (non-hydrogen) atoms. The molecule has 0 saturated carbocycles. The Balaban J connectivity index is 2.65. The molecular formula is C14H21NO2. The second kappa shape index (κ2) is 3.72. The third kappa shape index (κ3) is 2.05. The highest BCUT2D eigenvalue weighted by Crippen LogP contribution is 2.44. The first kappa shape index (κ1) is 12.4. The third-order valence-corrected chi connectivity index (χ3v) is 3.35. The molecule has 0 saturated heterocycles. The molecule has 3 heteroatoms. The molecule has 0 radical (unpaired) electrons. The summed E-state index contributed by atoms with van der Waals surface area (Å²) in [4.78, 5) is 0. The molecule has 0 bridgehead atoms. The second-order valence-corrected chi connectivity index (χ2v) is 5.73. The Morgan fingerprint density at radius 2 is 2.00 bits per heavy atom. The maximum absolute atomic E-state index is 10.7. The van der Waals surface area contributed by atoms with E-state index >= 15 is 0 Å². The molecule has 0 fully saturated rings. The van der Waals surface area contributed by atoms with Crippen molar-refractivity contribution in [2.45, 2.75) is 45.3 Å². The van der Waals surface area contributed by atoms with Gasteiger partial charge in [0.15, 0.2) is 0 Å². The van der Waals surface area contributed by atoms with Crippen molar-refractivity contribution in [1.29, 1.82) is 0 Å². The largest absolute Gasteiger partial charge is 0.487 e. The van der Waals surface area contributed by atoms with E-state index in [1.54, 1.807) is 0 Å². The van der Waals surface area contributed by atoms with Crippen LogP contribution in [0.1, 0.15) is 37.0 Å². The van der Waals surface area contributed by atoms with Crippen molar-refractivity contribution in [2.24, 2.45) is 5.73 Å². The predicted octanol–water partition coefficient (Wildman–Crippen LogP) is 2.01. The Morgan fingerprint density at radius 1 is 1.35 bits per heavy atom. The van der Waals surface area contributed by atoms with Crippen LogP contribution in [0.25, 0.3) is 0 Å². The van der Waals surface area contributed by atoms with Gasteiger partial charge >= 0.3 is 0 Å². The fourth-order valence-electron chi connectivity index (χ4n) is 2.73. The van der Waals surface area contributed by atoms with Crippen molar-refractivity contribution in [2.75, 3.05) is 6.54 Å².